The van der Waals surface area contributed by atoms with Crippen LogP contribution in [0.1, 0.15) is 5.56 Å². The highest BCUT2D eigenvalue weighted by molar-refractivity contribution is 7.71. The number of hydrogen-bond donors (Lipinski definition) is 1. The van der Waals surface area contributed by atoms with Crippen LogP contribution in [0.15, 0.2) is 51.5 Å². The van der Waals surface area contributed by atoms with Gasteiger partial charge in [0.05, 0.1) is 13.3 Å². The molecule has 7 heteroatoms. The zero-order valence-electron chi connectivity index (χ0n) is 12.0. The Balaban J connectivity index is 1.70. The van der Waals surface area contributed by atoms with E-state index in [1.165, 1.54) is 12.1 Å². The Morgan fingerprint density at radius 2 is 2.05 bits per heavy atom. The largest absolute Gasteiger partial charge is 0.459 e. The summed E-state index contributed by atoms with van der Waals surface area (Å²) in [5.41, 5.74) is 1.04. The molecule has 0 radical (unpaired) electrons. The summed E-state index contributed by atoms with van der Waals surface area (Å²) in [6.45, 7) is 1.27. The van der Waals surface area contributed by atoms with Crippen LogP contribution in [0, 0.1) is 10.7 Å². The maximum Gasteiger partial charge on any atom is 0.292 e. The van der Waals surface area contributed by atoms with Gasteiger partial charge in [-0.15, -0.1) is 5.10 Å². The van der Waals surface area contributed by atoms with Gasteiger partial charge in [0.25, 0.3) is 10.7 Å². The Kier molecular flexibility index (Phi) is 4.17. The normalized spacial score (nSPS) is 12.5. The molecule has 0 spiro atoms. The molecule has 2 heterocycles. The van der Waals surface area contributed by atoms with E-state index < -0.39 is 0 Å². The second kappa shape index (κ2) is 6.25. The molecule has 114 valence electrons. The van der Waals surface area contributed by atoms with Crippen LogP contribution >= 0.6 is 12.2 Å². The minimum absolute atomic E-state index is 0.233. The third-order valence-electron chi connectivity index (χ3n) is 3.18. The molecular formula is C15H15FN3O2S+. The van der Waals surface area contributed by atoms with E-state index in [1.54, 1.807) is 35.2 Å². The van der Waals surface area contributed by atoms with Crippen molar-refractivity contribution in [1.82, 2.24) is 9.78 Å². The summed E-state index contributed by atoms with van der Waals surface area (Å²) in [5, 5.41) is 4.32. The number of quaternary nitrogens is 1. The van der Waals surface area contributed by atoms with Gasteiger partial charge < -0.3 is 13.7 Å². The van der Waals surface area contributed by atoms with Gasteiger partial charge in [-0.2, -0.15) is 4.68 Å². The molecule has 1 atom stereocenters. The fourth-order valence-corrected chi connectivity index (χ4v) is 2.35. The molecule has 22 heavy (non-hydrogen) atoms. The number of halogens is 1. The average Bonchev–Trinajstić information content (AvgIpc) is 3.12. The molecule has 0 aliphatic rings. The Morgan fingerprint density at radius 3 is 2.73 bits per heavy atom. The Labute approximate surface area is 131 Å². The Morgan fingerprint density at radius 1 is 1.27 bits per heavy atom. The average molecular weight is 320 g/mol. The third-order valence-corrected chi connectivity index (χ3v) is 3.47. The van der Waals surface area contributed by atoms with Crippen molar-refractivity contribution in [2.75, 3.05) is 7.05 Å². The molecule has 2 aromatic heterocycles. The van der Waals surface area contributed by atoms with Gasteiger partial charge in [0.15, 0.2) is 12.4 Å². The fourth-order valence-electron chi connectivity index (χ4n) is 2.17. The van der Waals surface area contributed by atoms with Crippen LogP contribution in [-0.4, -0.2) is 16.8 Å². The molecule has 0 saturated heterocycles. The summed E-state index contributed by atoms with van der Waals surface area (Å²) >= 11 is 5.18. The first-order valence-electron chi connectivity index (χ1n) is 6.79. The third kappa shape index (κ3) is 3.32. The zero-order chi connectivity index (χ0) is 15.5. The molecule has 5 nitrogen and oxygen atoms in total. The van der Waals surface area contributed by atoms with E-state index in [0.717, 1.165) is 17.0 Å². The van der Waals surface area contributed by atoms with Crippen molar-refractivity contribution in [1.29, 1.82) is 0 Å². The first kappa shape index (κ1) is 14.7. The molecule has 0 bridgehead atoms. The van der Waals surface area contributed by atoms with E-state index in [4.69, 9.17) is 21.1 Å². The van der Waals surface area contributed by atoms with Crippen LogP contribution in [0.5, 0.6) is 0 Å². The van der Waals surface area contributed by atoms with Crippen LogP contribution in [0.4, 0.5) is 4.39 Å². The van der Waals surface area contributed by atoms with Crippen LogP contribution < -0.4 is 4.90 Å². The maximum absolute atomic E-state index is 12.9. The van der Waals surface area contributed by atoms with Gasteiger partial charge >= 0.3 is 0 Å². The van der Waals surface area contributed by atoms with Crippen molar-refractivity contribution in [3.8, 4) is 11.7 Å². The van der Waals surface area contributed by atoms with Gasteiger partial charge in [0.2, 0.25) is 0 Å². The molecule has 0 saturated carbocycles. The molecule has 0 fully saturated rings. The summed E-state index contributed by atoms with van der Waals surface area (Å²) in [6, 6.07) is 9.99. The fraction of sp³-hybridized carbons (Fsp3) is 0.200. The quantitative estimate of drug-likeness (QED) is 0.733. The zero-order valence-corrected chi connectivity index (χ0v) is 12.8. The number of benzene rings is 1. The van der Waals surface area contributed by atoms with Crippen LogP contribution in [0.3, 0.4) is 0 Å². The van der Waals surface area contributed by atoms with Crippen molar-refractivity contribution >= 4 is 12.2 Å². The van der Waals surface area contributed by atoms with E-state index >= 15 is 0 Å². The van der Waals surface area contributed by atoms with Gasteiger partial charge in [0, 0.05) is 5.56 Å². The Hall–Kier alpha value is -2.25. The lowest BCUT2D eigenvalue weighted by Gasteiger charge is -2.13. The summed E-state index contributed by atoms with van der Waals surface area (Å²) in [7, 11) is 2.01. The number of rotatable bonds is 5. The lowest BCUT2D eigenvalue weighted by Crippen LogP contribution is -3.07. The summed E-state index contributed by atoms with van der Waals surface area (Å²) < 4.78 is 25.2. The monoisotopic (exact) mass is 320 g/mol. The molecule has 0 amide bonds. The van der Waals surface area contributed by atoms with Crippen molar-refractivity contribution < 1.29 is 18.1 Å². The topological polar surface area (TPSA) is 48.5 Å². The first-order chi connectivity index (χ1) is 10.6. The highest BCUT2D eigenvalue weighted by atomic mass is 32.1. The van der Waals surface area contributed by atoms with Crippen LogP contribution in [-0.2, 0) is 13.2 Å². The van der Waals surface area contributed by atoms with E-state index in [0.29, 0.717) is 23.2 Å². The molecule has 0 aliphatic carbocycles. The van der Waals surface area contributed by atoms with Crippen molar-refractivity contribution in [2.24, 2.45) is 0 Å². The van der Waals surface area contributed by atoms with Gasteiger partial charge in [-0.05, 0) is 36.5 Å². The number of furan rings is 1. The maximum atomic E-state index is 12.9. The van der Waals surface area contributed by atoms with Crippen molar-refractivity contribution in [2.45, 2.75) is 13.2 Å². The Bertz CT molecular complexity index is 793. The minimum atomic E-state index is -0.233. The molecule has 1 aromatic carbocycles. The molecule has 3 aromatic rings. The van der Waals surface area contributed by atoms with Gasteiger partial charge in [-0.3, -0.25) is 0 Å². The van der Waals surface area contributed by atoms with E-state index in [-0.39, 0.29) is 5.82 Å². The molecule has 1 N–H and O–H groups in total. The number of hydrogen-bond acceptors (Lipinski definition) is 4. The molecule has 0 aliphatic heterocycles. The second-order valence-electron chi connectivity index (χ2n) is 5.07. The molecule has 1 unspecified atom stereocenters. The van der Waals surface area contributed by atoms with Crippen molar-refractivity contribution in [3.63, 3.8) is 0 Å². The highest BCUT2D eigenvalue weighted by Gasteiger charge is 2.13. The van der Waals surface area contributed by atoms with Gasteiger partial charge in [0.1, 0.15) is 12.4 Å². The van der Waals surface area contributed by atoms with E-state index in [1.807, 2.05) is 7.05 Å². The lowest BCUT2D eigenvalue weighted by atomic mass is 10.2. The molecular weight excluding hydrogens is 305 g/mol. The number of nitrogens with zero attached hydrogens (tertiary/aromatic N) is 2. The van der Waals surface area contributed by atoms with Crippen LogP contribution in [0.2, 0.25) is 0 Å². The second-order valence-corrected chi connectivity index (χ2v) is 5.42. The van der Waals surface area contributed by atoms with Gasteiger partial charge in [-0.25, -0.2) is 4.39 Å². The summed E-state index contributed by atoms with van der Waals surface area (Å²) in [4.78, 5) is 1.44. The standard InChI is InChI=1S/C15H14FN3O2S/c1-18(9-11-4-6-12(16)7-5-11)10-19-15(22)21-14(17-19)13-3-2-8-20-13/h2-8H,9-10H2,1H3/p+1. The predicted octanol–water partition coefficient (Wildman–Crippen LogP) is 2.28. The summed E-state index contributed by atoms with van der Waals surface area (Å²) in [5.74, 6) is 0.675. The van der Waals surface area contributed by atoms with Crippen LogP contribution in [0.25, 0.3) is 11.7 Å². The number of aromatic nitrogens is 2. The highest BCUT2D eigenvalue weighted by Crippen LogP contribution is 2.17. The summed E-state index contributed by atoms with van der Waals surface area (Å²) in [6.07, 6.45) is 1.55. The smallest absolute Gasteiger partial charge is 0.292 e. The van der Waals surface area contributed by atoms with E-state index in [9.17, 15) is 4.39 Å². The molecule has 3 rings (SSSR count). The lowest BCUT2D eigenvalue weighted by molar-refractivity contribution is -0.917. The van der Waals surface area contributed by atoms with Gasteiger partial charge in [-0.1, -0.05) is 12.1 Å². The van der Waals surface area contributed by atoms with Crippen molar-refractivity contribution in [3.05, 3.63) is 58.9 Å². The number of nitrogens with one attached hydrogen (secondary N) is 1. The minimum Gasteiger partial charge on any atom is -0.459 e. The SMILES string of the molecule is C[NH+](Cc1ccc(F)cc1)Cn1nc(-c2ccco2)oc1=S. The first-order valence-corrected chi connectivity index (χ1v) is 7.20. The van der Waals surface area contributed by atoms with E-state index in [2.05, 4.69) is 5.10 Å². The predicted molar refractivity (Wildman–Crippen MR) is 80.0 cm³/mol.